The Hall–Kier alpha value is -3.77. The molecule has 3 aromatic carbocycles. The maximum atomic E-state index is 13.5. The average molecular weight is 435 g/mol. The van der Waals surface area contributed by atoms with Gasteiger partial charge in [-0.2, -0.15) is 0 Å². The van der Waals surface area contributed by atoms with E-state index in [0.29, 0.717) is 33.5 Å². The lowest BCUT2D eigenvalue weighted by Gasteiger charge is -2.17. The number of nitrogens with zero attached hydrogens (tertiary/aromatic N) is 1. The Morgan fingerprint density at radius 1 is 0.839 bits per heavy atom. The summed E-state index contributed by atoms with van der Waals surface area (Å²) in [5.74, 6) is 0.0949. The minimum Gasteiger partial charge on any atom is -0.497 e. The van der Waals surface area contributed by atoms with E-state index in [9.17, 15) is 9.59 Å². The Labute approximate surface area is 184 Å². The molecule has 0 atom stereocenters. The van der Waals surface area contributed by atoms with E-state index in [1.165, 1.54) is 7.11 Å². The SMILES string of the molecule is COc1ccc(OC)c(NC2=C(c3ccccc3)C(=O)N(c3ccccc3Cl)C2=O)c1. The fourth-order valence-electron chi connectivity index (χ4n) is 3.42. The number of benzene rings is 3. The fraction of sp³-hybridized carbons (Fsp3) is 0.0833. The van der Waals surface area contributed by atoms with Crippen LogP contribution >= 0.6 is 11.6 Å². The molecule has 0 aliphatic carbocycles. The number of nitrogens with one attached hydrogen (secondary N) is 1. The second-order valence-corrected chi connectivity index (χ2v) is 7.11. The molecule has 0 aromatic heterocycles. The summed E-state index contributed by atoms with van der Waals surface area (Å²) in [4.78, 5) is 28.0. The van der Waals surface area contributed by atoms with Gasteiger partial charge in [0.1, 0.15) is 17.2 Å². The van der Waals surface area contributed by atoms with Crippen LogP contribution < -0.4 is 19.7 Å². The molecule has 0 saturated carbocycles. The zero-order valence-corrected chi connectivity index (χ0v) is 17.6. The standard InChI is InChI=1S/C24H19ClN2O4/c1-30-16-12-13-20(31-2)18(14-16)26-22-21(15-8-4-3-5-9-15)23(28)27(24(22)29)19-11-7-6-10-17(19)25/h3-14,26H,1-2H3. The quantitative estimate of drug-likeness (QED) is 0.567. The first-order chi connectivity index (χ1) is 15.0. The highest BCUT2D eigenvalue weighted by molar-refractivity contribution is 6.48. The van der Waals surface area contributed by atoms with Crippen LogP contribution in [0.25, 0.3) is 5.57 Å². The third-order valence-corrected chi connectivity index (χ3v) is 5.23. The second kappa shape index (κ2) is 8.53. The molecular formula is C24H19ClN2O4. The molecule has 1 aliphatic rings. The number of anilines is 2. The highest BCUT2D eigenvalue weighted by Crippen LogP contribution is 2.38. The van der Waals surface area contributed by atoms with E-state index in [1.54, 1.807) is 61.7 Å². The molecule has 0 bridgehead atoms. The minimum absolute atomic E-state index is 0.127. The summed E-state index contributed by atoms with van der Waals surface area (Å²) >= 11 is 6.30. The molecule has 4 rings (SSSR count). The smallest absolute Gasteiger partial charge is 0.282 e. The maximum absolute atomic E-state index is 13.5. The largest absolute Gasteiger partial charge is 0.497 e. The molecule has 0 spiro atoms. The molecule has 156 valence electrons. The van der Waals surface area contributed by atoms with Crippen LogP contribution in [0, 0.1) is 0 Å². The van der Waals surface area contributed by atoms with Crippen molar-refractivity contribution in [3.8, 4) is 11.5 Å². The Morgan fingerprint density at radius 3 is 2.23 bits per heavy atom. The summed E-state index contributed by atoms with van der Waals surface area (Å²) in [5.41, 5.74) is 1.80. The molecule has 3 aromatic rings. The van der Waals surface area contributed by atoms with Gasteiger partial charge in [-0.15, -0.1) is 0 Å². The van der Waals surface area contributed by atoms with Crippen molar-refractivity contribution in [2.75, 3.05) is 24.4 Å². The second-order valence-electron chi connectivity index (χ2n) is 6.70. The van der Waals surface area contributed by atoms with Gasteiger partial charge in [-0.1, -0.05) is 54.1 Å². The van der Waals surface area contributed by atoms with Gasteiger partial charge < -0.3 is 14.8 Å². The van der Waals surface area contributed by atoms with Crippen LogP contribution in [0.3, 0.4) is 0 Å². The number of methoxy groups -OCH3 is 2. The first-order valence-corrected chi connectivity index (χ1v) is 9.85. The maximum Gasteiger partial charge on any atom is 0.282 e. The van der Waals surface area contributed by atoms with Gasteiger partial charge >= 0.3 is 0 Å². The van der Waals surface area contributed by atoms with Crippen LogP contribution in [0.4, 0.5) is 11.4 Å². The zero-order valence-electron chi connectivity index (χ0n) is 16.9. The van der Waals surface area contributed by atoms with Crippen molar-refractivity contribution in [3.63, 3.8) is 0 Å². The number of carbonyl (C=O) groups excluding carboxylic acids is 2. The van der Waals surface area contributed by atoms with Crippen LogP contribution in [-0.2, 0) is 9.59 Å². The van der Waals surface area contributed by atoms with Crippen molar-refractivity contribution >= 4 is 40.4 Å². The monoisotopic (exact) mass is 434 g/mol. The molecule has 0 radical (unpaired) electrons. The van der Waals surface area contributed by atoms with Crippen molar-refractivity contribution in [1.82, 2.24) is 0 Å². The number of rotatable bonds is 6. The molecule has 0 saturated heterocycles. The van der Waals surface area contributed by atoms with Crippen LogP contribution in [0.5, 0.6) is 11.5 Å². The predicted octanol–water partition coefficient (Wildman–Crippen LogP) is 4.75. The molecule has 0 unspecified atom stereocenters. The number of hydrogen-bond donors (Lipinski definition) is 1. The predicted molar refractivity (Wildman–Crippen MR) is 120 cm³/mol. The summed E-state index contributed by atoms with van der Waals surface area (Å²) in [6.45, 7) is 0. The minimum atomic E-state index is -0.512. The molecule has 0 fully saturated rings. The molecular weight excluding hydrogens is 416 g/mol. The molecule has 2 amide bonds. The lowest BCUT2D eigenvalue weighted by Crippen LogP contribution is -2.32. The lowest BCUT2D eigenvalue weighted by atomic mass is 10.0. The third kappa shape index (κ3) is 3.73. The van der Waals surface area contributed by atoms with Crippen LogP contribution in [0.2, 0.25) is 5.02 Å². The Balaban J connectivity index is 1.86. The van der Waals surface area contributed by atoms with Gasteiger partial charge in [0, 0.05) is 6.07 Å². The molecule has 6 nitrogen and oxygen atoms in total. The summed E-state index contributed by atoms with van der Waals surface area (Å²) < 4.78 is 10.7. The van der Waals surface area contributed by atoms with Crippen molar-refractivity contribution in [2.45, 2.75) is 0 Å². The number of halogens is 1. The number of carbonyl (C=O) groups is 2. The van der Waals surface area contributed by atoms with E-state index in [1.807, 2.05) is 18.2 Å². The van der Waals surface area contributed by atoms with Crippen LogP contribution in [0.15, 0.2) is 78.5 Å². The Kier molecular flexibility index (Phi) is 5.64. The van der Waals surface area contributed by atoms with E-state index in [0.717, 1.165) is 4.90 Å². The van der Waals surface area contributed by atoms with E-state index < -0.39 is 11.8 Å². The Morgan fingerprint density at radius 2 is 1.55 bits per heavy atom. The lowest BCUT2D eigenvalue weighted by molar-refractivity contribution is -0.120. The first-order valence-electron chi connectivity index (χ1n) is 9.47. The molecule has 7 heteroatoms. The van der Waals surface area contributed by atoms with Gasteiger partial charge in [0.25, 0.3) is 11.8 Å². The van der Waals surface area contributed by atoms with Gasteiger partial charge in [-0.05, 0) is 29.8 Å². The van der Waals surface area contributed by atoms with Crippen molar-refractivity contribution < 1.29 is 19.1 Å². The Bertz CT molecular complexity index is 1190. The van der Waals surface area contributed by atoms with Gasteiger partial charge in [0.05, 0.1) is 36.2 Å². The first kappa shape index (κ1) is 20.5. The van der Waals surface area contributed by atoms with Gasteiger partial charge in [0.2, 0.25) is 0 Å². The number of imide groups is 1. The summed E-state index contributed by atoms with van der Waals surface area (Å²) in [6, 6.07) is 20.9. The number of hydrogen-bond acceptors (Lipinski definition) is 5. The average Bonchev–Trinajstić information content (AvgIpc) is 3.04. The van der Waals surface area contributed by atoms with E-state index in [-0.39, 0.29) is 11.3 Å². The summed E-state index contributed by atoms with van der Waals surface area (Å²) in [6.07, 6.45) is 0. The number of amides is 2. The van der Waals surface area contributed by atoms with Crippen molar-refractivity contribution in [3.05, 3.63) is 89.1 Å². The molecule has 1 aliphatic heterocycles. The van der Waals surface area contributed by atoms with Crippen molar-refractivity contribution in [1.29, 1.82) is 0 Å². The highest BCUT2D eigenvalue weighted by Gasteiger charge is 2.41. The number of para-hydroxylation sites is 1. The molecule has 31 heavy (non-hydrogen) atoms. The van der Waals surface area contributed by atoms with Crippen molar-refractivity contribution in [2.24, 2.45) is 0 Å². The van der Waals surface area contributed by atoms with Crippen LogP contribution in [-0.4, -0.2) is 26.0 Å². The van der Waals surface area contributed by atoms with E-state index in [2.05, 4.69) is 5.32 Å². The van der Waals surface area contributed by atoms with E-state index in [4.69, 9.17) is 21.1 Å². The van der Waals surface area contributed by atoms with Gasteiger partial charge in [-0.3, -0.25) is 9.59 Å². The number of ether oxygens (including phenoxy) is 2. The zero-order chi connectivity index (χ0) is 22.0. The molecule has 1 heterocycles. The van der Waals surface area contributed by atoms with Gasteiger partial charge in [0.15, 0.2) is 0 Å². The summed E-state index contributed by atoms with van der Waals surface area (Å²) in [7, 11) is 3.07. The fourth-order valence-corrected chi connectivity index (χ4v) is 3.64. The highest BCUT2D eigenvalue weighted by atomic mass is 35.5. The van der Waals surface area contributed by atoms with Crippen LogP contribution in [0.1, 0.15) is 5.56 Å². The van der Waals surface area contributed by atoms with Gasteiger partial charge in [-0.25, -0.2) is 4.90 Å². The normalized spacial score (nSPS) is 13.6. The third-order valence-electron chi connectivity index (χ3n) is 4.91. The summed E-state index contributed by atoms with van der Waals surface area (Å²) in [5, 5.41) is 3.41. The topological polar surface area (TPSA) is 67.9 Å². The molecule has 1 N–H and O–H groups in total. The van der Waals surface area contributed by atoms with E-state index >= 15 is 0 Å².